The normalized spacial score (nSPS) is 18.4. The van der Waals surface area contributed by atoms with Crippen LogP contribution < -0.4 is 5.32 Å². The largest absolute Gasteiger partial charge is 0.329 e. The Hall–Kier alpha value is -2.63. The lowest BCUT2D eigenvalue weighted by Gasteiger charge is -2.30. The smallest absolute Gasteiger partial charge is 0.255 e. The van der Waals surface area contributed by atoms with E-state index in [4.69, 9.17) is 23.2 Å². The summed E-state index contributed by atoms with van der Waals surface area (Å²) in [6.07, 6.45) is 2.11. The van der Waals surface area contributed by atoms with Gasteiger partial charge in [-0.25, -0.2) is 0 Å². The van der Waals surface area contributed by atoms with Crippen LogP contribution in [0.2, 0.25) is 10.0 Å². The third-order valence-corrected chi connectivity index (χ3v) is 6.32. The number of halogens is 2. The Morgan fingerprint density at radius 2 is 1.93 bits per heavy atom. The molecular formula is C23H20Cl2N2O3. The molecule has 0 spiro atoms. The van der Waals surface area contributed by atoms with Crippen molar-refractivity contribution in [2.45, 2.75) is 38.3 Å². The third kappa shape index (κ3) is 4.00. The average molecular weight is 443 g/mol. The van der Waals surface area contributed by atoms with Crippen LogP contribution in [0.3, 0.4) is 0 Å². The van der Waals surface area contributed by atoms with Crippen molar-refractivity contribution in [1.29, 1.82) is 0 Å². The van der Waals surface area contributed by atoms with Crippen LogP contribution in [0.25, 0.3) is 0 Å². The minimum atomic E-state index is -0.477. The maximum absolute atomic E-state index is 12.8. The highest BCUT2D eigenvalue weighted by Crippen LogP contribution is 2.29. The van der Waals surface area contributed by atoms with Crippen LogP contribution in [0.5, 0.6) is 0 Å². The standard InChI is InChI=1S/C23H20Cl2N2O3/c1-13-2-8-20(22(29)26-13)27-12-16-10-14(3-6-17(16)23(27)30)4-9-21(28)15-5-7-18(24)19(25)11-15/h3,5-7,10-11,20H,1-2,4,8-9,12H2,(H,26,29). The predicted molar refractivity (Wildman–Crippen MR) is 116 cm³/mol. The van der Waals surface area contributed by atoms with Gasteiger partial charge in [-0.2, -0.15) is 0 Å². The second-order valence-electron chi connectivity index (χ2n) is 7.62. The summed E-state index contributed by atoms with van der Waals surface area (Å²) >= 11 is 11.9. The number of rotatable bonds is 5. The fourth-order valence-electron chi connectivity index (χ4n) is 3.94. The van der Waals surface area contributed by atoms with Gasteiger partial charge in [0.05, 0.1) is 10.0 Å². The van der Waals surface area contributed by atoms with Gasteiger partial charge in [-0.3, -0.25) is 14.4 Å². The first-order valence-electron chi connectivity index (χ1n) is 9.73. The molecule has 2 heterocycles. The molecule has 1 atom stereocenters. The van der Waals surface area contributed by atoms with Gasteiger partial charge in [0.2, 0.25) is 5.91 Å². The van der Waals surface area contributed by atoms with Crippen LogP contribution in [0, 0.1) is 0 Å². The molecule has 1 unspecified atom stereocenters. The monoisotopic (exact) mass is 442 g/mol. The van der Waals surface area contributed by atoms with E-state index >= 15 is 0 Å². The molecule has 7 heteroatoms. The van der Waals surface area contributed by atoms with Gasteiger partial charge < -0.3 is 10.2 Å². The van der Waals surface area contributed by atoms with Gasteiger partial charge in [0.25, 0.3) is 5.91 Å². The highest BCUT2D eigenvalue weighted by molar-refractivity contribution is 6.42. The summed E-state index contributed by atoms with van der Waals surface area (Å²) < 4.78 is 0. The molecule has 0 saturated carbocycles. The van der Waals surface area contributed by atoms with E-state index in [1.165, 1.54) is 0 Å². The van der Waals surface area contributed by atoms with Crippen molar-refractivity contribution in [2.24, 2.45) is 0 Å². The van der Waals surface area contributed by atoms with E-state index in [0.717, 1.165) is 11.1 Å². The number of benzene rings is 2. The van der Waals surface area contributed by atoms with Crippen molar-refractivity contribution in [2.75, 3.05) is 0 Å². The zero-order chi connectivity index (χ0) is 21.4. The molecule has 2 aliphatic heterocycles. The number of carbonyl (C=O) groups excluding carboxylic acids is 3. The molecule has 1 fully saturated rings. The summed E-state index contributed by atoms with van der Waals surface area (Å²) in [5, 5.41) is 3.51. The number of piperidine rings is 1. The Kier molecular flexibility index (Phi) is 5.67. The number of amides is 2. The first kappa shape index (κ1) is 20.6. The molecule has 2 aliphatic rings. The molecule has 2 amide bonds. The van der Waals surface area contributed by atoms with Crippen LogP contribution in [0.1, 0.15) is 51.1 Å². The number of fused-ring (bicyclic) bond motifs is 1. The summed E-state index contributed by atoms with van der Waals surface area (Å²) in [7, 11) is 0. The van der Waals surface area contributed by atoms with Crippen LogP contribution >= 0.6 is 23.2 Å². The number of hydrogen-bond acceptors (Lipinski definition) is 3. The molecular weight excluding hydrogens is 423 g/mol. The van der Waals surface area contributed by atoms with E-state index in [0.29, 0.717) is 59.1 Å². The minimum Gasteiger partial charge on any atom is -0.329 e. The maximum Gasteiger partial charge on any atom is 0.255 e. The van der Waals surface area contributed by atoms with E-state index in [9.17, 15) is 14.4 Å². The Balaban J connectivity index is 1.44. The van der Waals surface area contributed by atoms with Crippen LogP contribution in [0.4, 0.5) is 0 Å². The Morgan fingerprint density at radius 1 is 1.13 bits per heavy atom. The third-order valence-electron chi connectivity index (χ3n) is 5.58. The number of nitrogens with one attached hydrogen (secondary N) is 1. The van der Waals surface area contributed by atoms with E-state index < -0.39 is 6.04 Å². The summed E-state index contributed by atoms with van der Waals surface area (Å²) in [6, 6.07) is 9.99. The lowest BCUT2D eigenvalue weighted by molar-refractivity contribution is -0.126. The Morgan fingerprint density at radius 3 is 2.67 bits per heavy atom. The molecule has 0 aromatic heterocycles. The SMILES string of the molecule is C=C1CCC(N2Cc3cc(CCC(=O)c4ccc(Cl)c(Cl)c4)ccc3C2=O)C(=O)N1. The van der Waals surface area contributed by atoms with Crippen molar-refractivity contribution in [3.8, 4) is 0 Å². The van der Waals surface area contributed by atoms with Gasteiger partial charge in [-0.1, -0.05) is 41.9 Å². The molecule has 5 nitrogen and oxygen atoms in total. The molecule has 0 radical (unpaired) electrons. The summed E-state index contributed by atoms with van der Waals surface area (Å²) in [6.45, 7) is 4.18. The number of hydrogen-bond donors (Lipinski definition) is 1. The van der Waals surface area contributed by atoms with Gasteiger partial charge in [0.1, 0.15) is 6.04 Å². The highest BCUT2D eigenvalue weighted by atomic mass is 35.5. The molecule has 30 heavy (non-hydrogen) atoms. The number of aryl methyl sites for hydroxylation is 1. The lowest BCUT2D eigenvalue weighted by Crippen LogP contribution is -2.49. The number of ketones is 1. The van der Waals surface area contributed by atoms with Crippen LogP contribution in [-0.4, -0.2) is 28.5 Å². The maximum atomic E-state index is 12.8. The molecule has 0 aliphatic carbocycles. The van der Waals surface area contributed by atoms with Crippen molar-refractivity contribution < 1.29 is 14.4 Å². The fraction of sp³-hybridized carbons (Fsp3) is 0.261. The van der Waals surface area contributed by atoms with E-state index in [1.54, 1.807) is 29.2 Å². The van der Waals surface area contributed by atoms with Gasteiger partial charge >= 0.3 is 0 Å². The van der Waals surface area contributed by atoms with E-state index in [2.05, 4.69) is 11.9 Å². The molecule has 2 aromatic rings. The Labute approximate surface area is 184 Å². The van der Waals surface area contributed by atoms with Crippen molar-refractivity contribution >= 4 is 40.8 Å². The second-order valence-corrected chi connectivity index (χ2v) is 8.44. The first-order chi connectivity index (χ1) is 14.3. The highest BCUT2D eigenvalue weighted by Gasteiger charge is 2.38. The first-order valence-corrected chi connectivity index (χ1v) is 10.5. The Bertz CT molecular complexity index is 1080. The van der Waals surface area contributed by atoms with Gasteiger partial charge in [0, 0.05) is 29.8 Å². The topological polar surface area (TPSA) is 66.5 Å². The van der Waals surface area contributed by atoms with Crippen LogP contribution in [0.15, 0.2) is 48.7 Å². The van der Waals surface area contributed by atoms with E-state index in [-0.39, 0.29) is 17.6 Å². The molecule has 2 aromatic carbocycles. The molecule has 1 N–H and O–H groups in total. The van der Waals surface area contributed by atoms with Gasteiger partial charge in [-0.05, 0) is 54.7 Å². The van der Waals surface area contributed by atoms with Crippen molar-refractivity contribution in [3.63, 3.8) is 0 Å². The van der Waals surface area contributed by atoms with Crippen molar-refractivity contribution in [3.05, 3.63) is 81.0 Å². The summed E-state index contributed by atoms with van der Waals surface area (Å²) in [5.41, 5.74) is 3.69. The number of nitrogens with zero attached hydrogens (tertiary/aromatic N) is 1. The van der Waals surface area contributed by atoms with Crippen LogP contribution in [-0.2, 0) is 17.8 Å². The summed E-state index contributed by atoms with van der Waals surface area (Å²) in [5.74, 6) is -0.332. The van der Waals surface area contributed by atoms with Gasteiger partial charge in [0.15, 0.2) is 5.78 Å². The average Bonchev–Trinajstić information content (AvgIpc) is 3.04. The van der Waals surface area contributed by atoms with Crippen molar-refractivity contribution in [1.82, 2.24) is 10.2 Å². The molecule has 4 rings (SSSR count). The molecule has 1 saturated heterocycles. The fourth-order valence-corrected chi connectivity index (χ4v) is 4.23. The summed E-state index contributed by atoms with van der Waals surface area (Å²) in [4.78, 5) is 39.2. The molecule has 154 valence electrons. The zero-order valence-corrected chi connectivity index (χ0v) is 17.7. The molecule has 0 bridgehead atoms. The number of carbonyl (C=O) groups is 3. The van der Waals surface area contributed by atoms with Gasteiger partial charge in [-0.15, -0.1) is 0 Å². The predicted octanol–water partition coefficient (Wildman–Crippen LogP) is 4.56. The quantitative estimate of drug-likeness (QED) is 0.690. The second kappa shape index (κ2) is 8.25. The minimum absolute atomic E-state index is 0.0223. The zero-order valence-electron chi connectivity index (χ0n) is 16.2. The number of allylic oxidation sites excluding steroid dienone is 1. The lowest BCUT2D eigenvalue weighted by atomic mass is 10.00. The number of Topliss-reactive ketones (excluding diaryl/α,β-unsaturated/α-hetero) is 1. The van der Waals surface area contributed by atoms with E-state index in [1.807, 2.05) is 12.1 Å².